The zero-order valence-corrected chi connectivity index (χ0v) is 12.9. The second-order valence-electron chi connectivity index (χ2n) is 4.50. The number of fused-ring (bicyclic) bond motifs is 1. The molecule has 5 nitrogen and oxygen atoms in total. The first-order chi connectivity index (χ1) is 10.1. The topological polar surface area (TPSA) is 67.7 Å². The van der Waals surface area contributed by atoms with Gasteiger partial charge in [-0.15, -0.1) is 11.3 Å². The van der Waals surface area contributed by atoms with Crippen LogP contribution in [0.3, 0.4) is 0 Å². The fourth-order valence-electron chi connectivity index (χ4n) is 2.01. The molecule has 0 spiro atoms. The van der Waals surface area contributed by atoms with Gasteiger partial charge in [0.1, 0.15) is 0 Å². The van der Waals surface area contributed by atoms with Crippen LogP contribution < -0.4 is 11.2 Å². The summed E-state index contributed by atoms with van der Waals surface area (Å²) in [5.41, 5.74) is 12.0. The molecule has 0 aliphatic carbocycles. The zero-order valence-electron chi connectivity index (χ0n) is 11.3. The molecule has 0 fully saturated rings. The van der Waals surface area contributed by atoms with Gasteiger partial charge in [-0.3, -0.25) is 9.83 Å². The molecule has 2 aromatic heterocycles. The Morgan fingerprint density at radius 2 is 2.19 bits per heavy atom. The van der Waals surface area contributed by atoms with E-state index in [9.17, 15) is 0 Å². The third kappa shape index (κ3) is 2.79. The van der Waals surface area contributed by atoms with Crippen molar-refractivity contribution in [3.8, 4) is 11.3 Å². The molecule has 0 aliphatic heterocycles. The van der Waals surface area contributed by atoms with Crippen molar-refractivity contribution in [1.82, 2.24) is 14.8 Å². The molecule has 0 atom stereocenters. The maximum Gasteiger partial charge on any atom is 0.194 e. The molecule has 21 heavy (non-hydrogen) atoms. The standard InChI is InChI=1S/C14H13N5S2/c1-9-2-4-10(5-3-9)12-11(8-16-18-13(15)20)19-6-7-21-14(19)17-12/h2-8H,1H3,(H3,15,18,20)/b16-8+. The van der Waals surface area contributed by atoms with Crippen LogP contribution in [-0.2, 0) is 0 Å². The van der Waals surface area contributed by atoms with E-state index in [0.717, 1.165) is 21.9 Å². The minimum absolute atomic E-state index is 0.134. The number of hydrogen-bond acceptors (Lipinski definition) is 4. The van der Waals surface area contributed by atoms with Crippen LogP contribution in [0.5, 0.6) is 0 Å². The lowest BCUT2D eigenvalue weighted by Gasteiger charge is -2.01. The molecule has 0 radical (unpaired) electrons. The van der Waals surface area contributed by atoms with E-state index < -0.39 is 0 Å². The minimum atomic E-state index is 0.134. The van der Waals surface area contributed by atoms with E-state index in [4.69, 9.17) is 18.0 Å². The number of thiazole rings is 1. The van der Waals surface area contributed by atoms with Crippen molar-refractivity contribution in [3.63, 3.8) is 0 Å². The molecule has 0 saturated carbocycles. The number of nitrogens with zero attached hydrogens (tertiary/aromatic N) is 3. The molecule has 0 aliphatic rings. The molecular formula is C14H13N5S2. The van der Waals surface area contributed by atoms with Gasteiger partial charge in [0.2, 0.25) is 0 Å². The van der Waals surface area contributed by atoms with Gasteiger partial charge in [0.05, 0.1) is 17.6 Å². The Morgan fingerprint density at radius 3 is 2.90 bits per heavy atom. The van der Waals surface area contributed by atoms with Gasteiger partial charge in [-0.05, 0) is 19.1 Å². The summed E-state index contributed by atoms with van der Waals surface area (Å²) in [4.78, 5) is 5.59. The van der Waals surface area contributed by atoms with Crippen molar-refractivity contribution >= 4 is 39.8 Å². The van der Waals surface area contributed by atoms with Gasteiger partial charge in [-0.25, -0.2) is 4.98 Å². The molecule has 106 valence electrons. The number of hydrazone groups is 1. The Labute approximate surface area is 131 Å². The molecule has 3 aromatic rings. The van der Waals surface area contributed by atoms with Crippen LogP contribution in [0.4, 0.5) is 0 Å². The highest BCUT2D eigenvalue weighted by atomic mass is 32.1. The summed E-state index contributed by atoms with van der Waals surface area (Å²) >= 11 is 6.32. The Balaban J connectivity index is 2.09. The van der Waals surface area contributed by atoms with Gasteiger partial charge in [-0.1, -0.05) is 29.8 Å². The lowest BCUT2D eigenvalue weighted by atomic mass is 10.1. The largest absolute Gasteiger partial charge is 0.375 e. The molecule has 0 saturated heterocycles. The number of nitrogens with two attached hydrogens (primary N) is 1. The van der Waals surface area contributed by atoms with Crippen molar-refractivity contribution in [3.05, 3.63) is 47.1 Å². The molecular weight excluding hydrogens is 302 g/mol. The van der Waals surface area contributed by atoms with Crippen molar-refractivity contribution in [2.24, 2.45) is 10.8 Å². The van der Waals surface area contributed by atoms with Crippen LogP contribution in [0.25, 0.3) is 16.2 Å². The monoisotopic (exact) mass is 315 g/mol. The van der Waals surface area contributed by atoms with E-state index in [1.165, 1.54) is 5.56 Å². The first kappa shape index (κ1) is 13.7. The summed E-state index contributed by atoms with van der Waals surface area (Å²) in [6.45, 7) is 2.06. The normalized spacial score (nSPS) is 11.3. The maximum atomic E-state index is 5.38. The molecule has 0 bridgehead atoms. The minimum Gasteiger partial charge on any atom is -0.375 e. The lowest BCUT2D eigenvalue weighted by Crippen LogP contribution is -2.24. The van der Waals surface area contributed by atoms with Crippen LogP contribution in [0, 0.1) is 6.92 Å². The second kappa shape index (κ2) is 5.63. The number of imidazole rings is 1. The number of aromatic nitrogens is 2. The molecule has 3 N–H and O–H groups in total. The number of hydrogen-bond donors (Lipinski definition) is 2. The van der Waals surface area contributed by atoms with Gasteiger partial charge in [-0.2, -0.15) is 5.10 Å². The first-order valence-corrected chi connectivity index (χ1v) is 7.55. The molecule has 7 heteroatoms. The highest BCUT2D eigenvalue weighted by Crippen LogP contribution is 2.25. The van der Waals surface area contributed by atoms with E-state index in [2.05, 4.69) is 46.7 Å². The second-order valence-corrected chi connectivity index (χ2v) is 5.81. The SMILES string of the molecule is Cc1ccc(-c2nc3sccn3c2/C=N/NC(N)=S)cc1. The van der Waals surface area contributed by atoms with Crippen molar-refractivity contribution < 1.29 is 0 Å². The first-order valence-electron chi connectivity index (χ1n) is 6.26. The highest BCUT2D eigenvalue weighted by molar-refractivity contribution is 7.80. The van der Waals surface area contributed by atoms with E-state index in [1.807, 2.05) is 16.0 Å². The van der Waals surface area contributed by atoms with E-state index >= 15 is 0 Å². The van der Waals surface area contributed by atoms with Crippen molar-refractivity contribution in [2.45, 2.75) is 6.92 Å². The summed E-state index contributed by atoms with van der Waals surface area (Å²) in [6, 6.07) is 8.24. The van der Waals surface area contributed by atoms with Gasteiger partial charge in [0.15, 0.2) is 10.1 Å². The van der Waals surface area contributed by atoms with Crippen LogP contribution in [0.1, 0.15) is 11.3 Å². The van der Waals surface area contributed by atoms with Gasteiger partial charge >= 0.3 is 0 Å². The molecule has 2 heterocycles. The summed E-state index contributed by atoms with van der Waals surface area (Å²) < 4.78 is 1.99. The average Bonchev–Trinajstić information content (AvgIpc) is 3.01. The average molecular weight is 315 g/mol. The number of rotatable bonds is 3. The third-order valence-corrected chi connectivity index (χ3v) is 3.83. The number of aryl methyl sites for hydroxylation is 1. The quantitative estimate of drug-likeness (QED) is 0.443. The Kier molecular flexibility index (Phi) is 3.68. The highest BCUT2D eigenvalue weighted by Gasteiger charge is 2.13. The summed E-state index contributed by atoms with van der Waals surface area (Å²) in [6.07, 6.45) is 3.65. The van der Waals surface area contributed by atoms with Crippen LogP contribution in [0.15, 0.2) is 40.9 Å². The van der Waals surface area contributed by atoms with E-state index in [1.54, 1.807) is 17.6 Å². The Hall–Kier alpha value is -2.25. The third-order valence-electron chi connectivity index (χ3n) is 2.99. The maximum absolute atomic E-state index is 5.38. The number of benzene rings is 1. The Bertz CT molecular complexity index is 814. The molecule has 3 rings (SSSR count). The smallest absolute Gasteiger partial charge is 0.194 e. The van der Waals surface area contributed by atoms with Gasteiger partial charge in [0, 0.05) is 17.1 Å². The predicted octanol–water partition coefficient (Wildman–Crippen LogP) is 2.54. The van der Waals surface area contributed by atoms with E-state index in [0.29, 0.717) is 0 Å². The Morgan fingerprint density at radius 1 is 1.43 bits per heavy atom. The summed E-state index contributed by atoms with van der Waals surface area (Å²) in [5, 5.41) is 6.17. The summed E-state index contributed by atoms with van der Waals surface area (Å²) in [5.74, 6) is 0. The van der Waals surface area contributed by atoms with Crippen molar-refractivity contribution in [2.75, 3.05) is 0 Å². The van der Waals surface area contributed by atoms with Crippen LogP contribution in [0.2, 0.25) is 0 Å². The van der Waals surface area contributed by atoms with Gasteiger partial charge in [0.25, 0.3) is 0 Å². The lowest BCUT2D eigenvalue weighted by molar-refractivity contribution is 1.04. The fraction of sp³-hybridized carbons (Fsp3) is 0.0714. The van der Waals surface area contributed by atoms with Crippen LogP contribution in [-0.4, -0.2) is 20.7 Å². The van der Waals surface area contributed by atoms with Crippen LogP contribution >= 0.6 is 23.6 Å². The zero-order chi connectivity index (χ0) is 14.8. The molecule has 1 aromatic carbocycles. The molecule has 0 unspecified atom stereocenters. The molecule has 0 amide bonds. The fourth-order valence-corrected chi connectivity index (χ4v) is 2.78. The number of nitrogens with one attached hydrogen (secondary N) is 1. The van der Waals surface area contributed by atoms with E-state index in [-0.39, 0.29) is 5.11 Å². The predicted molar refractivity (Wildman–Crippen MR) is 90.8 cm³/mol. The van der Waals surface area contributed by atoms with Crippen molar-refractivity contribution in [1.29, 1.82) is 0 Å². The summed E-state index contributed by atoms with van der Waals surface area (Å²) in [7, 11) is 0. The van der Waals surface area contributed by atoms with Gasteiger partial charge < -0.3 is 5.73 Å². The number of thiocarbonyl (C=S) groups is 1.